The van der Waals surface area contributed by atoms with Gasteiger partial charge in [0.15, 0.2) is 0 Å². The van der Waals surface area contributed by atoms with Crippen LogP contribution in [-0.2, 0) is 0 Å². The molecule has 1 fully saturated rings. The van der Waals surface area contributed by atoms with Crippen molar-refractivity contribution in [1.82, 2.24) is 9.97 Å². The summed E-state index contributed by atoms with van der Waals surface area (Å²) in [6, 6.07) is 0. The summed E-state index contributed by atoms with van der Waals surface area (Å²) < 4.78 is 0. The van der Waals surface area contributed by atoms with Crippen molar-refractivity contribution in [2.24, 2.45) is 0 Å². The molecule has 1 aliphatic carbocycles. The summed E-state index contributed by atoms with van der Waals surface area (Å²) >= 11 is 1.75. The summed E-state index contributed by atoms with van der Waals surface area (Å²) in [4.78, 5) is 9.46. The SMILES string of the molecule is CCCNc1nc(C2CC2)nc(SC(C)CCO)c1C. The highest BCUT2D eigenvalue weighted by atomic mass is 32.2. The molecular formula is C15H25N3OS. The van der Waals surface area contributed by atoms with E-state index in [1.54, 1.807) is 11.8 Å². The van der Waals surface area contributed by atoms with Crippen LogP contribution < -0.4 is 5.32 Å². The lowest BCUT2D eigenvalue weighted by Gasteiger charge is -2.15. The Morgan fingerprint density at radius 3 is 2.75 bits per heavy atom. The van der Waals surface area contributed by atoms with E-state index in [9.17, 15) is 0 Å². The van der Waals surface area contributed by atoms with Crippen molar-refractivity contribution in [2.45, 2.75) is 62.6 Å². The predicted octanol–water partition coefficient (Wildman–Crippen LogP) is 3.35. The fourth-order valence-corrected chi connectivity index (χ4v) is 3.02. The number of hydrogen-bond donors (Lipinski definition) is 2. The van der Waals surface area contributed by atoms with Crippen LogP contribution >= 0.6 is 11.8 Å². The topological polar surface area (TPSA) is 58.0 Å². The first-order chi connectivity index (χ1) is 9.65. The van der Waals surface area contributed by atoms with Gasteiger partial charge in [-0.05, 0) is 32.6 Å². The van der Waals surface area contributed by atoms with Crippen LogP contribution in [0, 0.1) is 6.92 Å². The Hall–Kier alpha value is -0.810. The number of aliphatic hydroxyl groups excluding tert-OH is 1. The Morgan fingerprint density at radius 2 is 2.15 bits per heavy atom. The van der Waals surface area contributed by atoms with E-state index in [4.69, 9.17) is 15.1 Å². The molecule has 0 spiro atoms. The first-order valence-electron chi connectivity index (χ1n) is 7.55. The van der Waals surface area contributed by atoms with E-state index in [1.807, 2.05) is 0 Å². The molecule has 20 heavy (non-hydrogen) atoms. The molecule has 2 rings (SSSR count). The lowest BCUT2D eigenvalue weighted by atomic mass is 10.3. The quantitative estimate of drug-likeness (QED) is 0.569. The Morgan fingerprint density at radius 1 is 1.40 bits per heavy atom. The highest BCUT2D eigenvalue weighted by Gasteiger charge is 2.28. The predicted molar refractivity (Wildman–Crippen MR) is 84.5 cm³/mol. The van der Waals surface area contributed by atoms with E-state index < -0.39 is 0 Å². The molecule has 1 atom stereocenters. The third-order valence-corrected chi connectivity index (χ3v) is 4.71. The molecule has 0 bridgehead atoms. The zero-order valence-corrected chi connectivity index (χ0v) is 13.5. The van der Waals surface area contributed by atoms with Gasteiger partial charge in [0.25, 0.3) is 0 Å². The fraction of sp³-hybridized carbons (Fsp3) is 0.733. The van der Waals surface area contributed by atoms with Gasteiger partial charge in [0.05, 0.1) is 0 Å². The average molecular weight is 295 g/mol. The van der Waals surface area contributed by atoms with Crippen molar-refractivity contribution in [2.75, 3.05) is 18.5 Å². The third kappa shape index (κ3) is 4.09. The van der Waals surface area contributed by atoms with Crippen molar-refractivity contribution < 1.29 is 5.11 Å². The maximum absolute atomic E-state index is 9.05. The summed E-state index contributed by atoms with van der Waals surface area (Å²) in [5.74, 6) is 2.54. The second-order valence-electron chi connectivity index (χ2n) is 5.50. The lowest BCUT2D eigenvalue weighted by Crippen LogP contribution is -2.09. The highest BCUT2D eigenvalue weighted by Crippen LogP contribution is 2.40. The Labute approximate surface area is 125 Å². The van der Waals surface area contributed by atoms with Gasteiger partial charge in [-0.2, -0.15) is 0 Å². The molecule has 0 radical (unpaired) electrons. The van der Waals surface area contributed by atoms with Crippen LogP contribution in [0.1, 0.15) is 56.8 Å². The molecule has 1 saturated carbocycles. The molecule has 1 aromatic heterocycles. The Kier molecular flexibility index (Phi) is 5.66. The zero-order valence-electron chi connectivity index (χ0n) is 12.6. The van der Waals surface area contributed by atoms with Gasteiger partial charge in [0.1, 0.15) is 16.7 Å². The van der Waals surface area contributed by atoms with Crippen LogP contribution in [0.3, 0.4) is 0 Å². The number of rotatable bonds is 8. The molecule has 5 heteroatoms. The van der Waals surface area contributed by atoms with Crippen LogP contribution in [0.5, 0.6) is 0 Å². The van der Waals surface area contributed by atoms with Gasteiger partial charge in [0, 0.05) is 29.9 Å². The van der Waals surface area contributed by atoms with Gasteiger partial charge in [-0.15, -0.1) is 11.8 Å². The van der Waals surface area contributed by atoms with Gasteiger partial charge in [-0.3, -0.25) is 0 Å². The zero-order chi connectivity index (χ0) is 14.5. The maximum atomic E-state index is 9.05. The molecule has 0 aliphatic heterocycles. The third-order valence-electron chi connectivity index (χ3n) is 3.45. The van der Waals surface area contributed by atoms with E-state index in [2.05, 4.69) is 26.1 Å². The van der Waals surface area contributed by atoms with E-state index in [0.29, 0.717) is 11.2 Å². The van der Waals surface area contributed by atoms with Crippen LogP contribution in [0.2, 0.25) is 0 Å². The van der Waals surface area contributed by atoms with E-state index >= 15 is 0 Å². The van der Waals surface area contributed by atoms with E-state index in [0.717, 1.165) is 41.6 Å². The van der Waals surface area contributed by atoms with Gasteiger partial charge in [-0.1, -0.05) is 13.8 Å². The van der Waals surface area contributed by atoms with Gasteiger partial charge < -0.3 is 10.4 Å². The van der Waals surface area contributed by atoms with Crippen LogP contribution in [0.4, 0.5) is 5.82 Å². The number of nitrogens with zero attached hydrogens (tertiary/aromatic N) is 2. The van der Waals surface area contributed by atoms with Crippen molar-refractivity contribution in [3.8, 4) is 0 Å². The summed E-state index contributed by atoms with van der Waals surface area (Å²) in [5, 5.41) is 13.9. The number of aliphatic hydroxyl groups is 1. The standard InChI is InChI=1S/C15H25N3OS/c1-4-8-16-13-11(3)15(20-10(2)7-9-19)18-14(17-13)12-5-6-12/h10,12,19H,4-9H2,1-3H3,(H,16,17,18). The molecule has 1 aromatic rings. The highest BCUT2D eigenvalue weighted by molar-refractivity contribution is 7.99. The number of nitrogens with one attached hydrogen (secondary N) is 1. The fourth-order valence-electron chi connectivity index (χ4n) is 2.00. The van der Waals surface area contributed by atoms with Gasteiger partial charge >= 0.3 is 0 Å². The Bertz CT molecular complexity index is 449. The van der Waals surface area contributed by atoms with Crippen molar-refractivity contribution in [1.29, 1.82) is 0 Å². The normalized spacial score (nSPS) is 16.2. The summed E-state index contributed by atoms with van der Waals surface area (Å²) in [5.41, 5.74) is 1.14. The Balaban J connectivity index is 2.21. The largest absolute Gasteiger partial charge is 0.396 e. The van der Waals surface area contributed by atoms with Crippen LogP contribution in [0.25, 0.3) is 0 Å². The second-order valence-corrected chi connectivity index (χ2v) is 6.93. The molecule has 0 aromatic carbocycles. The molecule has 4 nitrogen and oxygen atoms in total. The molecule has 1 unspecified atom stereocenters. The minimum atomic E-state index is 0.231. The number of anilines is 1. The summed E-state index contributed by atoms with van der Waals surface area (Å²) in [6.45, 7) is 7.55. The summed E-state index contributed by atoms with van der Waals surface area (Å²) in [6.07, 6.45) is 4.31. The minimum Gasteiger partial charge on any atom is -0.396 e. The lowest BCUT2D eigenvalue weighted by molar-refractivity contribution is 0.289. The van der Waals surface area contributed by atoms with Crippen molar-refractivity contribution in [3.63, 3.8) is 0 Å². The molecular weight excluding hydrogens is 270 g/mol. The smallest absolute Gasteiger partial charge is 0.135 e. The van der Waals surface area contributed by atoms with Gasteiger partial charge in [0.2, 0.25) is 0 Å². The first-order valence-corrected chi connectivity index (χ1v) is 8.43. The molecule has 0 saturated heterocycles. The van der Waals surface area contributed by atoms with Crippen molar-refractivity contribution in [3.05, 3.63) is 11.4 Å². The molecule has 2 N–H and O–H groups in total. The molecule has 1 aliphatic rings. The first kappa shape index (κ1) is 15.6. The average Bonchev–Trinajstić information content (AvgIpc) is 3.24. The van der Waals surface area contributed by atoms with Crippen LogP contribution in [0.15, 0.2) is 5.03 Å². The summed E-state index contributed by atoms with van der Waals surface area (Å²) in [7, 11) is 0. The molecule has 1 heterocycles. The minimum absolute atomic E-state index is 0.231. The molecule has 112 valence electrons. The van der Waals surface area contributed by atoms with E-state index in [1.165, 1.54) is 12.8 Å². The number of thioether (sulfide) groups is 1. The van der Waals surface area contributed by atoms with Gasteiger partial charge in [-0.25, -0.2) is 9.97 Å². The monoisotopic (exact) mass is 295 g/mol. The molecule has 0 amide bonds. The number of hydrogen-bond acceptors (Lipinski definition) is 5. The van der Waals surface area contributed by atoms with Crippen molar-refractivity contribution >= 4 is 17.6 Å². The van der Waals surface area contributed by atoms with Crippen LogP contribution in [-0.4, -0.2) is 33.5 Å². The van der Waals surface area contributed by atoms with E-state index in [-0.39, 0.29) is 6.61 Å². The maximum Gasteiger partial charge on any atom is 0.135 e. The second kappa shape index (κ2) is 7.27. The number of aromatic nitrogens is 2.